The molecular formula is C16H35Cl2NTi. The first-order valence-electron chi connectivity index (χ1n) is 8.50. The summed E-state index contributed by atoms with van der Waals surface area (Å²) in [6.45, 7) is 7.03. The van der Waals surface area contributed by atoms with Crippen LogP contribution < -0.4 is 5.32 Å². The molecular weight excluding hydrogens is 325 g/mol. The van der Waals surface area contributed by atoms with E-state index in [1.54, 1.807) is 0 Å². The van der Waals surface area contributed by atoms with Crippen LogP contribution in [0.15, 0.2) is 0 Å². The van der Waals surface area contributed by atoms with Crippen molar-refractivity contribution in [2.45, 2.75) is 90.9 Å². The van der Waals surface area contributed by atoms with Crippen LogP contribution in [-0.2, 0) is 17.0 Å². The van der Waals surface area contributed by atoms with Gasteiger partial charge in [0.1, 0.15) is 0 Å². The fourth-order valence-corrected chi connectivity index (χ4v) is 2.19. The van der Waals surface area contributed by atoms with E-state index in [4.69, 9.17) is 18.6 Å². The van der Waals surface area contributed by atoms with Gasteiger partial charge < -0.3 is 5.32 Å². The molecule has 0 saturated heterocycles. The van der Waals surface area contributed by atoms with E-state index in [2.05, 4.69) is 19.2 Å². The molecule has 0 aliphatic heterocycles. The Labute approximate surface area is 144 Å². The van der Waals surface area contributed by atoms with Crippen LogP contribution in [0, 0.1) is 0 Å². The molecule has 0 aromatic rings. The predicted molar refractivity (Wildman–Crippen MR) is 91.3 cm³/mol. The number of hydrogen-bond acceptors (Lipinski definition) is 1. The van der Waals surface area contributed by atoms with Gasteiger partial charge in [0, 0.05) is 0 Å². The second-order valence-electron chi connectivity index (χ2n) is 5.36. The minimum atomic E-state index is -0.556. The summed E-state index contributed by atoms with van der Waals surface area (Å²) in [6, 6.07) is 0. The molecule has 0 bridgehead atoms. The minimum absolute atomic E-state index is 0.556. The Bertz CT molecular complexity index is 134. The quantitative estimate of drug-likeness (QED) is 0.269. The van der Waals surface area contributed by atoms with Crippen molar-refractivity contribution in [1.29, 1.82) is 0 Å². The summed E-state index contributed by atoms with van der Waals surface area (Å²) in [4.78, 5) is 0. The van der Waals surface area contributed by atoms with Gasteiger partial charge >= 0.3 is 35.6 Å². The molecule has 0 heterocycles. The first kappa shape index (κ1) is 23.5. The van der Waals surface area contributed by atoms with Crippen LogP contribution >= 0.6 is 18.6 Å². The van der Waals surface area contributed by atoms with E-state index >= 15 is 0 Å². The number of halogens is 2. The van der Waals surface area contributed by atoms with Crippen molar-refractivity contribution in [3.8, 4) is 0 Å². The Morgan fingerprint density at radius 2 is 0.900 bits per heavy atom. The molecule has 0 atom stereocenters. The summed E-state index contributed by atoms with van der Waals surface area (Å²) in [7, 11) is 9.78. The summed E-state index contributed by atoms with van der Waals surface area (Å²) >= 11 is -0.556. The number of unbranched alkanes of at least 4 members (excludes halogenated alkanes) is 10. The molecule has 0 aliphatic rings. The Balaban J connectivity index is 0. The van der Waals surface area contributed by atoms with Crippen molar-refractivity contribution in [2.24, 2.45) is 0 Å². The van der Waals surface area contributed by atoms with Gasteiger partial charge in [-0.25, -0.2) is 0 Å². The molecule has 0 fully saturated rings. The second-order valence-corrected chi connectivity index (χ2v) is 7.94. The van der Waals surface area contributed by atoms with Crippen molar-refractivity contribution < 1.29 is 17.0 Å². The van der Waals surface area contributed by atoms with Crippen molar-refractivity contribution in [1.82, 2.24) is 5.32 Å². The Morgan fingerprint density at radius 3 is 1.25 bits per heavy atom. The standard InChI is InChI=1S/C16H35N.2ClH.Ti/c1-3-5-7-9-11-13-15-17-16-14-12-10-8-6-4-2;;;/h17H,3-16H2,1-2H3;2*1H;/q;;;+2/p-2. The Kier molecular flexibility index (Phi) is 29.7. The fraction of sp³-hybridized carbons (Fsp3) is 1.00. The molecule has 0 aromatic heterocycles. The number of nitrogens with one attached hydrogen (secondary N) is 1. The van der Waals surface area contributed by atoms with Gasteiger partial charge in [0.25, 0.3) is 0 Å². The Morgan fingerprint density at radius 1 is 0.600 bits per heavy atom. The first-order valence-corrected chi connectivity index (χ1v) is 12.8. The monoisotopic (exact) mass is 359 g/mol. The van der Waals surface area contributed by atoms with Gasteiger partial charge in [-0.05, 0) is 25.9 Å². The first-order chi connectivity index (χ1) is 9.83. The number of hydrogen-bond donors (Lipinski definition) is 1. The molecule has 122 valence electrons. The van der Waals surface area contributed by atoms with E-state index < -0.39 is 17.0 Å². The third-order valence-electron chi connectivity index (χ3n) is 3.41. The van der Waals surface area contributed by atoms with E-state index in [0.717, 1.165) is 0 Å². The van der Waals surface area contributed by atoms with E-state index in [0.29, 0.717) is 0 Å². The zero-order valence-electron chi connectivity index (χ0n) is 13.7. The van der Waals surface area contributed by atoms with Crippen LogP contribution in [0.4, 0.5) is 0 Å². The maximum absolute atomic E-state index is 4.89. The van der Waals surface area contributed by atoms with Gasteiger partial charge in [-0.2, -0.15) is 0 Å². The molecule has 0 aliphatic carbocycles. The van der Waals surface area contributed by atoms with E-state index in [1.165, 1.54) is 90.1 Å². The van der Waals surface area contributed by atoms with Crippen molar-refractivity contribution in [2.75, 3.05) is 13.1 Å². The summed E-state index contributed by atoms with van der Waals surface area (Å²) in [6.07, 6.45) is 16.9. The second kappa shape index (κ2) is 25.2. The van der Waals surface area contributed by atoms with E-state index in [-0.39, 0.29) is 0 Å². The van der Waals surface area contributed by atoms with Crippen molar-refractivity contribution in [3.63, 3.8) is 0 Å². The van der Waals surface area contributed by atoms with Crippen LogP contribution in [0.2, 0.25) is 0 Å². The third-order valence-corrected chi connectivity index (χ3v) is 3.41. The van der Waals surface area contributed by atoms with Crippen LogP contribution in [0.3, 0.4) is 0 Å². The summed E-state index contributed by atoms with van der Waals surface area (Å²) in [5.74, 6) is 0. The van der Waals surface area contributed by atoms with Crippen molar-refractivity contribution in [3.05, 3.63) is 0 Å². The molecule has 0 rings (SSSR count). The third kappa shape index (κ3) is 27.6. The topological polar surface area (TPSA) is 12.0 Å². The SMILES string of the molecule is CCCCCCCCNCCCCCCCC.[Cl][Ti][Cl]. The molecule has 1 N–H and O–H groups in total. The molecule has 0 spiro atoms. The summed E-state index contributed by atoms with van der Waals surface area (Å²) < 4.78 is 0. The Hall–Kier alpha value is 1.25. The molecule has 4 heteroatoms. The van der Waals surface area contributed by atoms with E-state index in [1.807, 2.05) is 0 Å². The number of rotatable bonds is 14. The van der Waals surface area contributed by atoms with Gasteiger partial charge in [0.2, 0.25) is 0 Å². The van der Waals surface area contributed by atoms with Crippen LogP contribution in [0.1, 0.15) is 90.9 Å². The summed E-state index contributed by atoms with van der Waals surface area (Å²) in [5.41, 5.74) is 0. The van der Waals surface area contributed by atoms with Crippen LogP contribution in [-0.4, -0.2) is 13.1 Å². The average molecular weight is 360 g/mol. The molecule has 1 nitrogen and oxygen atoms in total. The zero-order valence-corrected chi connectivity index (χ0v) is 16.7. The summed E-state index contributed by atoms with van der Waals surface area (Å²) in [5, 5.41) is 3.57. The van der Waals surface area contributed by atoms with E-state index in [9.17, 15) is 0 Å². The van der Waals surface area contributed by atoms with Gasteiger partial charge in [-0.3, -0.25) is 0 Å². The maximum atomic E-state index is 4.89. The predicted octanol–water partition coefficient (Wildman–Crippen LogP) is 6.67. The normalized spacial score (nSPS) is 10.0. The molecule has 20 heavy (non-hydrogen) atoms. The molecule has 0 unspecified atom stereocenters. The zero-order chi connectivity index (χ0) is 15.3. The van der Waals surface area contributed by atoms with Crippen LogP contribution in [0.5, 0.6) is 0 Å². The van der Waals surface area contributed by atoms with Crippen molar-refractivity contribution >= 4 is 18.6 Å². The van der Waals surface area contributed by atoms with Crippen LogP contribution in [0.25, 0.3) is 0 Å². The molecule has 0 aromatic carbocycles. The van der Waals surface area contributed by atoms with Gasteiger partial charge in [-0.1, -0.05) is 78.1 Å². The van der Waals surface area contributed by atoms with Gasteiger partial charge in [-0.15, -0.1) is 0 Å². The molecule has 0 saturated carbocycles. The fourth-order valence-electron chi connectivity index (χ4n) is 2.19. The molecule has 0 amide bonds. The van der Waals surface area contributed by atoms with Gasteiger partial charge in [0.05, 0.1) is 0 Å². The molecule has 0 radical (unpaired) electrons. The average Bonchev–Trinajstić information content (AvgIpc) is 2.45. The van der Waals surface area contributed by atoms with Gasteiger partial charge in [0.15, 0.2) is 0 Å².